The Hall–Kier alpha value is -1.55. The van der Waals surface area contributed by atoms with Crippen molar-refractivity contribution in [3.63, 3.8) is 0 Å². The Bertz CT molecular complexity index is 596. The van der Waals surface area contributed by atoms with Gasteiger partial charge < -0.3 is 9.64 Å². The van der Waals surface area contributed by atoms with Gasteiger partial charge in [0.05, 0.1) is 7.11 Å². The van der Waals surface area contributed by atoms with Gasteiger partial charge in [0.1, 0.15) is 5.75 Å². The van der Waals surface area contributed by atoms with E-state index in [0.717, 1.165) is 38.2 Å². The molecule has 24 heavy (non-hydrogen) atoms. The van der Waals surface area contributed by atoms with Crippen LogP contribution in [0, 0.1) is 5.41 Å². The van der Waals surface area contributed by atoms with Gasteiger partial charge in [-0.05, 0) is 56.3 Å². The fourth-order valence-electron chi connectivity index (χ4n) is 4.53. The fourth-order valence-corrected chi connectivity index (χ4v) is 4.53. The lowest BCUT2D eigenvalue weighted by atomic mass is 9.73. The number of rotatable bonds is 4. The smallest absolute Gasteiger partial charge is 0.222 e. The van der Waals surface area contributed by atoms with Gasteiger partial charge in [-0.3, -0.25) is 9.69 Å². The van der Waals surface area contributed by atoms with E-state index in [-0.39, 0.29) is 0 Å². The molecule has 130 valence electrons. The molecule has 4 rings (SSSR count). The summed E-state index contributed by atoms with van der Waals surface area (Å²) in [6, 6.07) is 8.99. The minimum Gasteiger partial charge on any atom is -0.497 e. The van der Waals surface area contributed by atoms with Crippen molar-refractivity contribution in [1.82, 2.24) is 9.80 Å². The molecule has 2 saturated heterocycles. The molecule has 0 aromatic heterocycles. The van der Waals surface area contributed by atoms with Gasteiger partial charge in [0.25, 0.3) is 0 Å². The van der Waals surface area contributed by atoms with Crippen LogP contribution in [-0.2, 0) is 11.3 Å². The molecule has 1 saturated carbocycles. The molecule has 1 spiro atoms. The van der Waals surface area contributed by atoms with E-state index >= 15 is 0 Å². The molecule has 3 fully saturated rings. The van der Waals surface area contributed by atoms with Crippen LogP contribution in [0.1, 0.15) is 44.1 Å². The molecule has 4 heteroatoms. The molecule has 1 amide bonds. The van der Waals surface area contributed by atoms with Crippen molar-refractivity contribution in [2.75, 3.05) is 26.7 Å². The molecule has 0 N–H and O–H groups in total. The summed E-state index contributed by atoms with van der Waals surface area (Å²) in [4.78, 5) is 17.0. The van der Waals surface area contributed by atoms with Crippen LogP contribution in [0.4, 0.5) is 0 Å². The number of hydrogen-bond donors (Lipinski definition) is 0. The molecule has 0 radical (unpaired) electrons. The zero-order chi connectivity index (χ0) is 16.6. The summed E-state index contributed by atoms with van der Waals surface area (Å²) < 4.78 is 5.25. The average molecular weight is 328 g/mol. The van der Waals surface area contributed by atoms with Gasteiger partial charge >= 0.3 is 0 Å². The first kappa shape index (κ1) is 15.9. The van der Waals surface area contributed by atoms with Gasteiger partial charge in [-0.25, -0.2) is 0 Å². The Morgan fingerprint density at radius 1 is 1.17 bits per heavy atom. The SMILES string of the molecule is COc1ccc(CN2CCCC3(CCC(=O)N(C4CC4)C3)C2)cc1. The van der Waals surface area contributed by atoms with E-state index in [1.54, 1.807) is 7.11 Å². The molecular formula is C20H28N2O2. The van der Waals surface area contributed by atoms with Crippen LogP contribution >= 0.6 is 0 Å². The molecule has 2 heterocycles. The topological polar surface area (TPSA) is 32.8 Å². The minimum atomic E-state index is 0.335. The van der Waals surface area contributed by atoms with E-state index in [0.29, 0.717) is 17.4 Å². The predicted molar refractivity (Wildman–Crippen MR) is 93.9 cm³/mol. The lowest BCUT2D eigenvalue weighted by Crippen LogP contribution is -2.54. The predicted octanol–water partition coefficient (Wildman–Crippen LogP) is 3.06. The van der Waals surface area contributed by atoms with Crippen molar-refractivity contribution in [3.8, 4) is 5.75 Å². The second kappa shape index (κ2) is 6.40. The Morgan fingerprint density at radius 3 is 2.67 bits per heavy atom. The van der Waals surface area contributed by atoms with Crippen molar-refractivity contribution >= 4 is 5.91 Å². The number of nitrogens with zero attached hydrogens (tertiary/aromatic N) is 2. The maximum Gasteiger partial charge on any atom is 0.222 e. The summed E-state index contributed by atoms with van der Waals surface area (Å²) in [5, 5.41) is 0. The number of methoxy groups -OCH3 is 1. The van der Waals surface area contributed by atoms with Crippen LogP contribution in [0.2, 0.25) is 0 Å². The summed E-state index contributed by atoms with van der Waals surface area (Å²) in [6.45, 7) is 4.30. The average Bonchev–Trinajstić information content (AvgIpc) is 3.43. The number of benzene rings is 1. The molecule has 2 aliphatic heterocycles. The molecule has 4 nitrogen and oxygen atoms in total. The highest BCUT2D eigenvalue weighted by Crippen LogP contribution is 2.42. The number of amides is 1. The lowest BCUT2D eigenvalue weighted by Gasteiger charge is -2.48. The summed E-state index contributed by atoms with van der Waals surface area (Å²) in [5.74, 6) is 1.31. The maximum atomic E-state index is 12.2. The van der Waals surface area contributed by atoms with Gasteiger partial charge in [-0.15, -0.1) is 0 Å². The number of ether oxygens (including phenoxy) is 1. The third-order valence-corrected chi connectivity index (χ3v) is 5.99. The number of likely N-dealkylation sites (tertiary alicyclic amines) is 2. The van der Waals surface area contributed by atoms with Crippen LogP contribution in [0.25, 0.3) is 0 Å². The Balaban J connectivity index is 1.42. The molecule has 1 atom stereocenters. The Morgan fingerprint density at radius 2 is 1.96 bits per heavy atom. The number of piperidine rings is 2. The van der Waals surface area contributed by atoms with Crippen molar-refractivity contribution in [3.05, 3.63) is 29.8 Å². The van der Waals surface area contributed by atoms with Gasteiger partial charge in [0.15, 0.2) is 0 Å². The minimum absolute atomic E-state index is 0.335. The van der Waals surface area contributed by atoms with E-state index in [4.69, 9.17) is 4.74 Å². The normalized spacial score (nSPS) is 28.4. The fraction of sp³-hybridized carbons (Fsp3) is 0.650. The van der Waals surface area contributed by atoms with Crippen LogP contribution in [0.15, 0.2) is 24.3 Å². The largest absolute Gasteiger partial charge is 0.497 e. The zero-order valence-corrected chi connectivity index (χ0v) is 14.7. The Labute approximate surface area is 144 Å². The zero-order valence-electron chi connectivity index (χ0n) is 14.7. The van der Waals surface area contributed by atoms with E-state index in [1.165, 1.54) is 37.8 Å². The maximum absolute atomic E-state index is 12.2. The van der Waals surface area contributed by atoms with Crippen molar-refractivity contribution < 1.29 is 9.53 Å². The molecule has 0 bridgehead atoms. The summed E-state index contributed by atoms with van der Waals surface area (Å²) in [7, 11) is 1.71. The van der Waals surface area contributed by atoms with Gasteiger partial charge in [-0.2, -0.15) is 0 Å². The summed E-state index contributed by atoms with van der Waals surface area (Å²) in [6.07, 6.45) is 6.81. The number of hydrogen-bond acceptors (Lipinski definition) is 3. The van der Waals surface area contributed by atoms with Gasteiger partial charge in [0.2, 0.25) is 5.91 Å². The highest BCUT2D eigenvalue weighted by atomic mass is 16.5. The lowest BCUT2D eigenvalue weighted by molar-refractivity contribution is -0.140. The standard InChI is InChI=1S/C20H28N2O2/c1-24-18-7-3-16(4-8-18)13-21-12-2-10-20(14-21)11-9-19(23)22(15-20)17-5-6-17/h3-4,7-8,17H,2,5-6,9-15H2,1H3. The molecular weight excluding hydrogens is 300 g/mol. The van der Waals surface area contributed by atoms with Crippen LogP contribution in [0.5, 0.6) is 5.75 Å². The quantitative estimate of drug-likeness (QED) is 0.851. The monoisotopic (exact) mass is 328 g/mol. The molecule has 3 aliphatic rings. The number of carbonyl (C=O) groups is 1. The van der Waals surface area contributed by atoms with Crippen molar-refractivity contribution in [1.29, 1.82) is 0 Å². The second-order valence-corrected chi connectivity index (χ2v) is 7.92. The molecule has 1 aromatic carbocycles. The second-order valence-electron chi connectivity index (χ2n) is 7.92. The van der Waals surface area contributed by atoms with Gasteiger partial charge in [-0.1, -0.05) is 12.1 Å². The van der Waals surface area contributed by atoms with Crippen LogP contribution in [-0.4, -0.2) is 48.5 Å². The van der Waals surface area contributed by atoms with Gasteiger partial charge in [0, 0.05) is 37.5 Å². The molecule has 1 aliphatic carbocycles. The summed E-state index contributed by atoms with van der Waals surface area (Å²) >= 11 is 0. The first-order chi connectivity index (χ1) is 11.7. The van der Waals surface area contributed by atoms with Crippen molar-refractivity contribution in [2.24, 2.45) is 5.41 Å². The third kappa shape index (κ3) is 3.30. The highest BCUT2D eigenvalue weighted by Gasteiger charge is 2.45. The van der Waals surface area contributed by atoms with E-state index in [2.05, 4.69) is 21.9 Å². The van der Waals surface area contributed by atoms with Crippen molar-refractivity contribution in [2.45, 2.75) is 51.1 Å². The highest BCUT2D eigenvalue weighted by molar-refractivity contribution is 5.78. The van der Waals surface area contributed by atoms with E-state index in [1.807, 2.05) is 12.1 Å². The van der Waals surface area contributed by atoms with Crippen LogP contribution < -0.4 is 4.74 Å². The van der Waals surface area contributed by atoms with Crippen LogP contribution in [0.3, 0.4) is 0 Å². The molecule has 1 unspecified atom stereocenters. The first-order valence-corrected chi connectivity index (χ1v) is 9.32. The number of carbonyl (C=O) groups excluding carboxylic acids is 1. The summed E-state index contributed by atoms with van der Waals surface area (Å²) in [5.41, 5.74) is 1.68. The first-order valence-electron chi connectivity index (χ1n) is 9.32. The molecule has 1 aromatic rings. The Kier molecular flexibility index (Phi) is 4.25. The van der Waals surface area contributed by atoms with E-state index < -0.39 is 0 Å². The van der Waals surface area contributed by atoms with E-state index in [9.17, 15) is 4.79 Å². The third-order valence-electron chi connectivity index (χ3n) is 5.99.